The molecule has 1 aromatic carbocycles. The van der Waals surface area contributed by atoms with Crippen LogP contribution in [0.3, 0.4) is 0 Å². The molecule has 0 spiro atoms. The lowest BCUT2D eigenvalue weighted by Crippen LogP contribution is -2.53. The number of hydrogen-bond donors (Lipinski definition) is 5. The molecular weight excluding hydrogens is 484 g/mol. The average Bonchev–Trinajstić information content (AvgIpc) is 3.18. The minimum atomic E-state index is -0.396. The van der Waals surface area contributed by atoms with Gasteiger partial charge in [0.05, 0.1) is 0 Å². The van der Waals surface area contributed by atoms with Crippen LogP contribution in [0.1, 0.15) is 18.4 Å². The zero-order valence-corrected chi connectivity index (χ0v) is 20.9. The maximum absolute atomic E-state index is 11.9. The van der Waals surface area contributed by atoms with Crippen LogP contribution in [0.25, 0.3) is 11.0 Å². The van der Waals surface area contributed by atoms with E-state index in [4.69, 9.17) is 37.3 Å². The number of anilines is 4. The van der Waals surface area contributed by atoms with Crippen molar-refractivity contribution in [1.29, 1.82) is 0 Å². The quantitative estimate of drug-likeness (QED) is 0.289. The van der Waals surface area contributed by atoms with E-state index < -0.39 is 5.63 Å². The standard InChI is InChI=1S/C23H32N10O2.ClH/c1-12-4-20(34)35-19-7-16(2-3-18(12)19)28-21-29-22(32-9-13(25)5-14(26)10-32)31-23(30-21)33-11-15(27)6-17(33)8-24;/h2-4,7,13-15,17H,5-6,8-11,24-27H2,1H3,(H,28,29,30,31);1H/t13-,14+,15-,17+;/m0./s1. The minimum absolute atomic E-state index is 0. The third-order valence-corrected chi connectivity index (χ3v) is 6.59. The number of fused-ring (bicyclic) bond motifs is 1. The molecular formula is C23H33ClN10O2. The molecule has 9 N–H and O–H groups in total. The molecule has 13 heteroatoms. The van der Waals surface area contributed by atoms with Crippen molar-refractivity contribution in [3.63, 3.8) is 0 Å². The first-order valence-electron chi connectivity index (χ1n) is 11.8. The van der Waals surface area contributed by atoms with E-state index in [1.807, 2.05) is 28.9 Å². The number of nitrogens with zero attached hydrogens (tertiary/aromatic N) is 5. The Kier molecular flexibility index (Phi) is 7.62. The molecule has 2 fully saturated rings. The maximum atomic E-state index is 11.9. The van der Waals surface area contributed by atoms with Gasteiger partial charge in [-0.3, -0.25) is 0 Å². The van der Waals surface area contributed by atoms with Gasteiger partial charge in [0.15, 0.2) is 0 Å². The summed E-state index contributed by atoms with van der Waals surface area (Å²) in [7, 11) is 0. The molecule has 4 atom stereocenters. The van der Waals surface area contributed by atoms with Crippen molar-refractivity contribution in [2.45, 2.75) is 43.9 Å². The number of hydrogen-bond acceptors (Lipinski definition) is 12. The molecule has 12 nitrogen and oxygen atoms in total. The number of nitrogens with one attached hydrogen (secondary N) is 1. The monoisotopic (exact) mass is 516 g/mol. The summed E-state index contributed by atoms with van der Waals surface area (Å²) in [6, 6.07) is 6.90. The summed E-state index contributed by atoms with van der Waals surface area (Å²) in [5.41, 5.74) is 26.3. The number of rotatable bonds is 5. The zero-order chi connectivity index (χ0) is 24.7. The first kappa shape index (κ1) is 26.0. The Balaban J connectivity index is 0.00000304. The number of halogens is 1. The highest BCUT2D eigenvalue weighted by molar-refractivity contribution is 5.85. The van der Waals surface area contributed by atoms with Gasteiger partial charge in [0.25, 0.3) is 0 Å². The maximum Gasteiger partial charge on any atom is 0.336 e. The molecule has 2 aliphatic heterocycles. The van der Waals surface area contributed by atoms with E-state index in [2.05, 4.69) is 10.3 Å². The van der Waals surface area contributed by atoms with Gasteiger partial charge in [0.2, 0.25) is 17.8 Å². The number of aromatic nitrogens is 3. The number of aryl methyl sites for hydroxylation is 1. The van der Waals surface area contributed by atoms with Gasteiger partial charge in [0.1, 0.15) is 5.58 Å². The van der Waals surface area contributed by atoms with Crippen molar-refractivity contribution < 1.29 is 4.42 Å². The molecule has 5 rings (SSSR count). The second kappa shape index (κ2) is 10.5. The summed E-state index contributed by atoms with van der Waals surface area (Å²) < 4.78 is 5.39. The van der Waals surface area contributed by atoms with Gasteiger partial charge in [-0.1, -0.05) is 0 Å². The van der Waals surface area contributed by atoms with Crippen molar-refractivity contribution in [3.05, 3.63) is 40.2 Å². The SMILES string of the molecule is Cc1cc(=O)oc2cc(Nc3nc(N4C[C@H](N)C[C@H](N)C4)nc(N4C[C@@H](N)C[C@@H]4CN)n3)ccc12.Cl. The lowest BCUT2D eigenvalue weighted by molar-refractivity contribution is 0.447. The summed E-state index contributed by atoms with van der Waals surface area (Å²) in [5.74, 6) is 1.34. The average molecular weight is 517 g/mol. The third-order valence-electron chi connectivity index (χ3n) is 6.59. The molecule has 0 amide bonds. The highest BCUT2D eigenvalue weighted by Gasteiger charge is 2.32. The molecule has 0 aliphatic carbocycles. The number of benzene rings is 1. The molecule has 4 heterocycles. The summed E-state index contributed by atoms with van der Waals surface area (Å²) in [6.07, 6.45) is 1.51. The molecule has 0 bridgehead atoms. The predicted octanol–water partition coefficient (Wildman–Crippen LogP) is 0.181. The topological polar surface area (TPSA) is 191 Å². The van der Waals surface area contributed by atoms with Gasteiger partial charge in [-0.25, -0.2) is 4.79 Å². The van der Waals surface area contributed by atoms with Crippen LogP contribution in [0, 0.1) is 6.92 Å². The summed E-state index contributed by atoms with van der Waals surface area (Å²) >= 11 is 0. The van der Waals surface area contributed by atoms with Crippen LogP contribution in [0.2, 0.25) is 0 Å². The van der Waals surface area contributed by atoms with Gasteiger partial charge in [-0.2, -0.15) is 15.0 Å². The van der Waals surface area contributed by atoms with Gasteiger partial charge < -0.3 is 42.5 Å². The van der Waals surface area contributed by atoms with Crippen molar-refractivity contribution in [2.24, 2.45) is 22.9 Å². The van der Waals surface area contributed by atoms with Gasteiger partial charge in [0, 0.05) is 73.6 Å². The van der Waals surface area contributed by atoms with Crippen molar-refractivity contribution in [1.82, 2.24) is 15.0 Å². The fourth-order valence-electron chi connectivity index (χ4n) is 4.97. The third kappa shape index (κ3) is 5.37. The largest absolute Gasteiger partial charge is 0.423 e. The van der Waals surface area contributed by atoms with Crippen molar-refractivity contribution in [3.8, 4) is 0 Å². The zero-order valence-electron chi connectivity index (χ0n) is 20.1. The molecule has 0 radical (unpaired) electrons. The van der Waals surface area contributed by atoms with E-state index >= 15 is 0 Å². The molecule has 0 saturated carbocycles. The lowest BCUT2D eigenvalue weighted by atomic mass is 10.0. The van der Waals surface area contributed by atoms with Gasteiger partial charge in [-0.15, -0.1) is 12.4 Å². The first-order chi connectivity index (χ1) is 16.8. The Morgan fingerprint density at radius 1 is 1.00 bits per heavy atom. The normalized spacial score (nSPS) is 24.1. The summed E-state index contributed by atoms with van der Waals surface area (Å²) in [5, 5.41) is 4.10. The van der Waals surface area contributed by atoms with E-state index in [0.717, 1.165) is 23.8 Å². The van der Waals surface area contributed by atoms with E-state index in [0.29, 0.717) is 55.3 Å². The predicted molar refractivity (Wildman–Crippen MR) is 143 cm³/mol. The Morgan fingerprint density at radius 3 is 2.42 bits per heavy atom. The van der Waals surface area contributed by atoms with E-state index in [1.165, 1.54) is 6.07 Å². The Labute approximate surface area is 214 Å². The molecule has 2 aliphatic rings. The van der Waals surface area contributed by atoms with Gasteiger partial charge >= 0.3 is 5.63 Å². The van der Waals surface area contributed by atoms with E-state index in [1.54, 1.807) is 6.07 Å². The van der Waals surface area contributed by atoms with Gasteiger partial charge in [-0.05, 0) is 37.5 Å². The Morgan fingerprint density at radius 2 is 1.69 bits per heavy atom. The van der Waals surface area contributed by atoms with Crippen LogP contribution >= 0.6 is 12.4 Å². The van der Waals surface area contributed by atoms with E-state index in [-0.39, 0.29) is 36.6 Å². The van der Waals surface area contributed by atoms with Crippen molar-refractivity contribution >= 4 is 46.9 Å². The Bertz CT molecular complexity index is 1280. The highest BCUT2D eigenvalue weighted by atomic mass is 35.5. The highest BCUT2D eigenvalue weighted by Crippen LogP contribution is 2.27. The van der Waals surface area contributed by atoms with Crippen LogP contribution < -0.4 is 43.7 Å². The van der Waals surface area contributed by atoms with Crippen LogP contribution in [0.4, 0.5) is 23.5 Å². The fourth-order valence-corrected chi connectivity index (χ4v) is 4.97. The van der Waals surface area contributed by atoms with Crippen LogP contribution in [-0.4, -0.2) is 65.3 Å². The molecule has 3 aromatic rings. The molecule has 194 valence electrons. The van der Waals surface area contributed by atoms with Crippen LogP contribution in [0.15, 0.2) is 33.5 Å². The smallest absolute Gasteiger partial charge is 0.336 e. The summed E-state index contributed by atoms with van der Waals surface area (Å²) in [6.45, 7) is 4.11. The van der Waals surface area contributed by atoms with Crippen LogP contribution in [0.5, 0.6) is 0 Å². The lowest BCUT2D eigenvalue weighted by Gasteiger charge is -2.35. The Hall–Kier alpha value is -3.03. The van der Waals surface area contributed by atoms with E-state index in [9.17, 15) is 4.79 Å². The first-order valence-corrected chi connectivity index (χ1v) is 11.8. The second-order valence-corrected chi connectivity index (χ2v) is 9.54. The number of nitrogens with two attached hydrogens (primary N) is 4. The van der Waals surface area contributed by atoms with Crippen LogP contribution in [-0.2, 0) is 0 Å². The molecule has 2 aromatic heterocycles. The molecule has 2 saturated heterocycles. The second-order valence-electron chi connectivity index (χ2n) is 9.54. The minimum Gasteiger partial charge on any atom is -0.423 e. The molecule has 0 unspecified atom stereocenters. The summed E-state index contributed by atoms with van der Waals surface area (Å²) in [4.78, 5) is 30.0. The fraction of sp³-hybridized carbons (Fsp3) is 0.478. The van der Waals surface area contributed by atoms with Crippen molar-refractivity contribution in [2.75, 3.05) is 41.3 Å². The molecule has 36 heavy (non-hydrogen) atoms. The number of piperidine rings is 1.